The number of carbonyl (C=O) groups excluding carboxylic acids is 1. The first-order valence-corrected chi connectivity index (χ1v) is 11.6. The first-order valence-electron chi connectivity index (χ1n) is 10.1. The van der Waals surface area contributed by atoms with Crippen LogP contribution in [0.4, 0.5) is 0 Å². The van der Waals surface area contributed by atoms with E-state index in [9.17, 15) is 13.2 Å². The highest BCUT2D eigenvalue weighted by molar-refractivity contribution is 7.90. The molecule has 0 saturated heterocycles. The maximum atomic E-state index is 12.6. The van der Waals surface area contributed by atoms with Gasteiger partial charge in [0.25, 0.3) is 10.0 Å². The number of carbonyl (C=O) groups is 1. The fraction of sp³-hybridized carbons (Fsp3) is 0.167. The number of nitrogens with one attached hydrogen (secondary N) is 2. The second-order valence-corrected chi connectivity index (χ2v) is 8.95. The normalized spacial score (nSPS) is 16.3. The Hall–Kier alpha value is -3.45. The average molecular weight is 434 g/mol. The molecule has 31 heavy (non-hydrogen) atoms. The Labute approximate surface area is 182 Å². The van der Waals surface area contributed by atoms with Gasteiger partial charge in [-0.05, 0) is 29.7 Å². The third-order valence-electron chi connectivity index (χ3n) is 5.09. The molecular formula is C24H23N3O3S. The number of fused-ring (bicyclic) bond motifs is 1. The van der Waals surface area contributed by atoms with Crippen molar-refractivity contribution >= 4 is 21.8 Å². The van der Waals surface area contributed by atoms with Crippen molar-refractivity contribution in [2.75, 3.05) is 6.54 Å². The summed E-state index contributed by atoms with van der Waals surface area (Å²) in [5.74, 6) is 0.149. The zero-order chi connectivity index (χ0) is 21.7. The second-order valence-electron chi connectivity index (χ2n) is 7.30. The van der Waals surface area contributed by atoms with Crippen LogP contribution in [0.5, 0.6) is 0 Å². The third kappa shape index (κ3) is 5.00. The molecule has 0 saturated carbocycles. The molecular weight excluding hydrogens is 410 g/mol. The van der Waals surface area contributed by atoms with E-state index in [0.717, 1.165) is 11.1 Å². The number of aliphatic imine (C=N–C) groups is 1. The van der Waals surface area contributed by atoms with Crippen LogP contribution >= 0.6 is 0 Å². The van der Waals surface area contributed by atoms with E-state index < -0.39 is 10.0 Å². The Bertz CT molecular complexity index is 1190. The molecule has 4 rings (SSSR count). The van der Waals surface area contributed by atoms with Crippen molar-refractivity contribution in [3.8, 4) is 0 Å². The molecule has 1 amide bonds. The van der Waals surface area contributed by atoms with E-state index in [1.165, 1.54) is 0 Å². The van der Waals surface area contributed by atoms with Crippen molar-refractivity contribution in [3.05, 3.63) is 102 Å². The number of benzene rings is 3. The molecule has 0 spiro atoms. The van der Waals surface area contributed by atoms with E-state index in [1.807, 2.05) is 60.7 Å². The topological polar surface area (TPSA) is 87.6 Å². The van der Waals surface area contributed by atoms with E-state index in [1.54, 1.807) is 24.3 Å². The lowest BCUT2D eigenvalue weighted by Gasteiger charge is -2.19. The molecule has 3 aromatic rings. The number of amides is 1. The van der Waals surface area contributed by atoms with E-state index in [2.05, 4.69) is 15.0 Å². The SMILES string of the molecule is O=C(CCN=C1NS(=O)(=O)c2ccccc21)NC(Cc1ccccc1)c1ccccc1. The van der Waals surface area contributed by atoms with Crippen molar-refractivity contribution in [2.45, 2.75) is 23.8 Å². The summed E-state index contributed by atoms with van der Waals surface area (Å²) in [4.78, 5) is 17.2. The van der Waals surface area contributed by atoms with Crippen molar-refractivity contribution in [1.82, 2.24) is 10.0 Å². The lowest BCUT2D eigenvalue weighted by molar-refractivity contribution is -0.121. The predicted molar refractivity (Wildman–Crippen MR) is 120 cm³/mol. The standard InChI is InChI=1S/C24H23N3O3S/c28-23(15-16-25-24-20-13-7-8-14-22(20)31(29,30)27-24)26-21(19-11-5-2-6-12-19)17-18-9-3-1-4-10-18/h1-14,21H,15-17H2,(H,25,27)(H,26,28). The average Bonchev–Trinajstić information content (AvgIpc) is 3.05. The highest BCUT2D eigenvalue weighted by atomic mass is 32.2. The van der Waals surface area contributed by atoms with Crippen molar-refractivity contribution < 1.29 is 13.2 Å². The van der Waals surface area contributed by atoms with Crippen LogP contribution in [0.1, 0.15) is 29.2 Å². The molecule has 1 unspecified atom stereocenters. The van der Waals surface area contributed by atoms with Crippen LogP contribution in [0.3, 0.4) is 0 Å². The Balaban J connectivity index is 1.42. The molecule has 0 aromatic heterocycles. The summed E-state index contributed by atoms with van der Waals surface area (Å²) in [6.07, 6.45) is 0.837. The second kappa shape index (κ2) is 9.14. The van der Waals surface area contributed by atoms with Gasteiger partial charge in [0.15, 0.2) is 0 Å². The summed E-state index contributed by atoms with van der Waals surface area (Å²) < 4.78 is 26.8. The fourth-order valence-electron chi connectivity index (χ4n) is 3.57. The molecule has 0 bridgehead atoms. The highest BCUT2D eigenvalue weighted by Gasteiger charge is 2.30. The Morgan fingerprint density at radius 3 is 2.29 bits per heavy atom. The summed E-state index contributed by atoms with van der Waals surface area (Å²) in [5.41, 5.74) is 2.70. The molecule has 7 heteroatoms. The van der Waals surface area contributed by atoms with Crippen LogP contribution in [-0.4, -0.2) is 26.7 Å². The number of sulfonamides is 1. The molecule has 6 nitrogen and oxygen atoms in total. The van der Waals surface area contributed by atoms with Gasteiger partial charge >= 0.3 is 0 Å². The van der Waals surface area contributed by atoms with E-state index in [0.29, 0.717) is 12.0 Å². The zero-order valence-electron chi connectivity index (χ0n) is 16.9. The van der Waals surface area contributed by atoms with Gasteiger partial charge in [-0.1, -0.05) is 72.8 Å². The minimum Gasteiger partial charge on any atom is -0.349 e. The molecule has 1 atom stereocenters. The summed E-state index contributed by atoms with van der Waals surface area (Å²) >= 11 is 0. The Morgan fingerprint density at radius 1 is 0.903 bits per heavy atom. The van der Waals surface area contributed by atoms with E-state index >= 15 is 0 Å². The first-order chi connectivity index (χ1) is 15.0. The van der Waals surface area contributed by atoms with Crippen LogP contribution in [0, 0.1) is 0 Å². The van der Waals surface area contributed by atoms with Crippen molar-refractivity contribution in [2.24, 2.45) is 4.99 Å². The van der Waals surface area contributed by atoms with Crippen LogP contribution in [-0.2, 0) is 21.2 Å². The molecule has 2 N–H and O–H groups in total. The minimum absolute atomic E-state index is 0.136. The van der Waals surface area contributed by atoms with Crippen LogP contribution < -0.4 is 10.0 Å². The summed E-state index contributed by atoms with van der Waals surface area (Å²) in [7, 11) is -3.58. The zero-order valence-corrected chi connectivity index (χ0v) is 17.7. The number of rotatable bonds is 7. The molecule has 1 aliphatic rings. The number of hydrogen-bond acceptors (Lipinski definition) is 4. The smallest absolute Gasteiger partial charge is 0.263 e. The van der Waals surface area contributed by atoms with Gasteiger partial charge in [-0.25, -0.2) is 8.42 Å². The molecule has 1 aliphatic heterocycles. The Morgan fingerprint density at radius 2 is 1.55 bits per heavy atom. The molecule has 3 aromatic carbocycles. The lowest BCUT2D eigenvalue weighted by Crippen LogP contribution is -2.30. The van der Waals surface area contributed by atoms with Gasteiger partial charge in [0.1, 0.15) is 5.84 Å². The quantitative estimate of drug-likeness (QED) is 0.600. The van der Waals surface area contributed by atoms with Crippen LogP contribution in [0.15, 0.2) is 94.8 Å². The van der Waals surface area contributed by atoms with E-state index in [4.69, 9.17) is 0 Å². The molecule has 1 heterocycles. The third-order valence-corrected chi connectivity index (χ3v) is 6.49. The first kappa shape index (κ1) is 20.8. The van der Waals surface area contributed by atoms with Gasteiger partial charge in [-0.2, -0.15) is 0 Å². The maximum Gasteiger partial charge on any atom is 0.263 e. The van der Waals surface area contributed by atoms with Crippen LogP contribution in [0.25, 0.3) is 0 Å². The molecule has 0 radical (unpaired) electrons. The van der Waals surface area contributed by atoms with Crippen molar-refractivity contribution in [3.63, 3.8) is 0 Å². The number of hydrogen-bond donors (Lipinski definition) is 2. The summed E-state index contributed by atoms with van der Waals surface area (Å²) in [6, 6.07) is 26.4. The van der Waals surface area contributed by atoms with Gasteiger partial charge in [-0.3, -0.25) is 14.5 Å². The minimum atomic E-state index is -3.58. The van der Waals surface area contributed by atoms with Gasteiger partial charge in [0, 0.05) is 12.0 Å². The van der Waals surface area contributed by atoms with Crippen LogP contribution in [0.2, 0.25) is 0 Å². The summed E-state index contributed by atoms with van der Waals surface area (Å²) in [5, 5.41) is 3.10. The van der Waals surface area contributed by atoms with Gasteiger partial charge < -0.3 is 5.32 Å². The summed E-state index contributed by atoms with van der Waals surface area (Å²) in [6.45, 7) is 0.185. The molecule has 0 fully saturated rings. The van der Waals surface area contributed by atoms with Gasteiger partial charge in [0.05, 0.1) is 17.5 Å². The lowest BCUT2D eigenvalue weighted by atomic mass is 9.98. The number of nitrogens with zero attached hydrogens (tertiary/aromatic N) is 1. The molecule has 0 aliphatic carbocycles. The van der Waals surface area contributed by atoms with Crippen molar-refractivity contribution in [1.29, 1.82) is 0 Å². The Kier molecular flexibility index (Phi) is 6.13. The molecule has 158 valence electrons. The highest BCUT2D eigenvalue weighted by Crippen LogP contribution is 2.22. The van der Waals surface area contributed by atoms with E-state index in [-0.39, 0.29) is 35.6 Å². The monoisotopic (exact) mass is 433 g/mol. The fourth-order valence-corrected chi connectivity index (χ4v) is 4.83. The van der Waals surface area contributed by atoms with Gasteiger partial charge in [-0.15, -0.1) is 0 Å². The predicted octanol–water partition coefficient (Wildman–Crippen LogP) is 3.22. The largest absolute Gasteiger partial charge is 0.349 e. The maximum absolute atomic E-state index is 12.6. The number of amidine groups is 1. The van der Waals surface area contributed by atoms with Gasteiger partial charge in [0.2, 0.25) is 5.91 Å².